The molecule has 0 N–H and O–H groups in total. The Balaban J connectivity index is 1.81. The van der Waals surface area contributed by atoms with Crippen molar-refractivity contribution in [3.8, 4) is 21.7 Å². The molecular formula is C25H25NS. The average molecular weight is 372 g/mol. The van der Waals surface area contributed by atoms with E-state index in [9.17, 15) is 0 Å². The van der Waals surface area contributed by atoms with Gasteiger partial charge < -0.3 is 0 Å². The second-order valence-electron chi connectivity index (χ2n) is 8.29. The van der Waals surface area contributed by atoms with E-state index < -0.39 is 0 Å². The van der Waals surface area contributed by atoms with E-state index >= 15 is 0 Å². The van der Waals surface area contributed by atoms with E-state index in [1.807, 2.05) is 17.4 Å². The van der Waals surface area contributed by atoms with Crippen molar-refractivity contribution in [1.82, 2.24) is 4.98 Å². The molecule has 0 amide bonds. The van der Waals surface area contributed by atoms with Crippen molar-refractivity contribution in [3.63, 3.8) is 0 Å². The van der Waals surface area contributed by atoms with Crippen molar-refractivity contribution in [2.24, 2.45) is 0 Å². The molecule has 4 aromatic rings. The molecule has 2 aromatic heterocycles. The fourth-order valence-corrected chi connectivity index (χ4v) is 4.78. The fraction of sp³-hybridized carbons (Fsp3) is 0.240. The van der Waals surface area contributed by atoms with Crippen molar-refractivity contribution in [2.45, 2.75) is 40.0 Å². The van der Waals surface area contributed by atoms with E-state index in [1.165, 1.54) is 31.8 Å². The van der Waals surface area contributed by atoms with Gasteiger partial charge in [-0.1, -0.05) is 63.2 Å². The first kappa shape index (κ1) is 17.9. The summed E-state index contributed by atoms with van der Waals surface area (Å²) in [6.45, 7) is 11.3. The highest BCUT2D eigenvalue weighted by atomic mass is 32.1. The lowest BCUT2D eigenvalue weighted by Crippen LogP contribution is -2.11. The predicted molar refractivity (Wildman–Crippen MR) is 119 cm³/mol. The zero-order valence-corrected chi connectivity index (χ0v) is 17.4. The van der Waals surface area contributed by atoms with Crippen LogP contribution >= 0.6 is 11.3 Å². The Morgan fingerprint density at radius 1 is 0.815 bits per heavy atom. The Bertz CT molecular complexity index is 1090. The molecule has 0 bridgehead atoms. The first-order valence-electron chi connectivity index (χ1n) is 9.41. The van der Waals surface area contributed by atoms with Gasteiger partial charge in [0.1, 0.15) is 0 Å². The maximum absolute atomic E-state index is 4.92. The van der Waals surface area contributed by atoms with Crippen molar-refractivity contribution >= 4 is 21.6 Å². The van der Waals surface area contributed by atoms with Crippen molar-refractivity contribution in [3.05, 3.63) is 77.4 Å². The summed E-state index contributed by atoms with van der Waals surface area (Å²) in [6.07, 6.45) is 0. The molecular weight excluding hydrogens is 346 g/mol. The predicted octanol–water partition coefficient (Wildman–Crippen LogP) is 7.54. The number of aryl methyl sites for hydroxylation is 2. The van der Waals surface area contributed by atoms with Crippen LogP contribution in [0.15, 0.2) is 60.7 Å². The smallest absolute Gasteiger partial charge is 0.0823 e. The Hall–Kier alpha value is -2.45. The Kier molecular flexibility index (Phi) is 4.39. The van der Waals surface area contributed by atoms with Gasteiger partial charge in [-0.15, -0.1) is 11.3 Å². The number of benzene rings is 2. The molecule has 0 fully saturated rings. The third-order valence-electron chi connectivity index (χ3n) is 5.09. The van der Waals surface area contributed by atoms with E-state index in [1.54, 1.807) is 0 Å². The Morgan fingerprint density at radius 2 is 1.48 bits per heavy atom. The zero-order valence-electron chi connectivity index (χ0n) is 16.6. The van der Waals surface area contributed by atoms with Crippen LogP contribution in [0.1, 0.15) is 37.5 Å². The number of aromatic nitrogens is 1. The summed E-state index contributed by atoms with van der Waals surface area (Å²) in [4.78, 5) is 6.22. The number of nitrogens with zero attached hydrogens (tertiary/aromatic N) is 1. The number of hydrogen-bond donors (Lipinski definition) is 0. The number of thiophene rings is 1. The minimum absolute atomic E-state index is 0.167. The number of fused-ring (bicyclic) bond motifs is 1. The van der Waals surface area contributed by atoms with Gasteiger partial charge in [-0.2, -0.15) is 0 Å². The van der Waals surface area contributed by atoms with Crippen LogP contribution < -0.4 is 0 Å². The minimum Gasteiger partial charge on any atom is -0.247 e. The van der Waals surface area contributed by atoms with Gasteiger partial charge in [0.2, 0.25) is 0 Å². The molecule has 0 saturated carbocycles. The lowest BCUT2D eigenvalue weighted by molar-refractivity contribution is 0.589. The summed E-state index contributed by atoms with van der Waals surface area (Å²) in [6, 6.07) is 21.6. The first-order valence-corrected chi connectivity index (χ1v) is 10.2. The van der Waals surface area contributed by atoms with Crippen LogP contribution in [-0.4, -0.2) is 4.98 Å². The third kappa shape index (κ3) is 3.42. The van der Waals surface area contributed by atoms with Crippen LogP contribution in [0.25, 0.3) is 31.9 Å². The topological polar surface area (TPSA) is 12.9 Å². The van der Waals surface area contributed by atoms with E-state index in [4.69, 9.17) is 4.98 Å². The second-order valence-corrected chi connectivity index (χ2v) is 9.38. The molecule has 0 unspecified atom stereocenters. The number of pyridine rings is 1. The molecule has 0 aliphatic rings. The molecule has 2 heterocycles. The van der Waals surface area contributed by atoms with E-state index in [-0.39, 0.29) is 5.41 Å². The summed E-state index contributed by atoms with van der Waals surface area (Å²) in [5, 5.41) is 0. The fourth-order valence-electron chi connectivity index (χ4n) is 3.60. The molecule has 0 spiro atoms. The summed E-state index contributed by atoms with van der Waals surface area (Å²) in [7, 11) is 0. The van der Waals surface area contributed by atoms with E-state index in [0.29, 0.717) is 0 Å². The summed E-state index contributed by atoms with van der Waals surface area (Å²) in [5.41, 5.74) is 8.87. The van der Waals surface area contributed by atoms with Gasteiger partial charge in [-0.25, -0.2) is 4.98 Å². The van der Waals surface area contributed by atoms with Crippen LogP contribution in [0.3, 0.4) is 0 Å². The van der Waals surface area contributed by atoms with Crippen LogP contribution in [0.5, 0.6) is 0 Å². The van der Waals surface area contributed by atoms with Crippen molar-refractivity contribution in [2.75, 3.05) is 0 Å². The maximum atomic E-state index is 4.92. The van der Waals surface area contributed by atoms with Crippen LogP contribution in [0.4, 0.5) is 0 Å². The first-order chi connectivity index (χ1) is 12.8. The highest BCUT2D eigenvalue weighted by Gasteiger charge is 2.18. The van der Waals surface area contributed by atoms with Gasteiger partial charge in [-0.3, -0.25) is 0 Å². The highest BCUT2D eigenvalue weighted by molar-refractivity contribution is 7.22. The molecule has 1 nitrogen and oxygen atoms in total. The summed E-state index contributed by atoms with van der Waals surface area (Å²) >= 11 is 1.83. The van der Waals surface area contributed by atoms with Gasteiger partial charge in [0.15, 0.2) is 0 Å². The maximum Gasteiger partial charge on any atom is 0.0823 e. The van der Waals surface area contributed by atoms with Crippen molar-refractivity contribution in [1.29, 1.82) is 0 Å². The average Bonchev–Trinajstić information content (AvgIpc) is 3.03. The Labute approximate surface area is 165 Å². The summed E-state index contributed by atoms with van der Waals surface area (Å²) in [5.74, 6) is 0. The molecule has 27 heavy (non-hydrogen) atoms. The van der Waals surface area contributed by atoms with Gasteiger partial charge in [0, 0.05) is 10.4 Å². The van der Waals surface area contributed by atoms with E-state index in [0.717, 1.165) is 16.8 Å². The molecule has 4 rings (SSSR count). The molecule has 0 aliphatic heterocycles. The monoisotopic (exact) mass is 371 g/mol. The number of hydrogen-bond acceptors (Lipinski definition) is 2. The molecule has 0 saturated heterocycles. The zero-order chi connectivity index (χ0) is 19.2. The molecule has 0 atom stereocenters. The lowest BCUT2D eigenvalue weighted by Gasteiger charge is -2.22. The quantitative estimate of drug-likeness (QED) is 0.354. The lowest BCUT2D eigenvalue weighted by atomic mass is 9.83. The largest absolute Gasteiger partial charge is 0.247 e. The van der Waals surface area contributed by atoms with Gasteiger partial charge in [-0.05, 0) is 59.7 Å². The van der Waals surface area contributed by atoms with Gasteiger partial charge >= 0.3 is 0 Å². The van der Waals surface area contributed by atoms with Crippen molar-refractivity contribution < 1.29 is 0 Å². The number of rotatable bonds is 2. The van der Waals surface area contributed by atoms with E-state index in [2.05, 4.69) is 89.2 Å². The van der Waals surface area contributed by atoms with Crippen LogP contribution in [0.2, 0.25) is 0 Å². The second kappa shape index (κ2) is 6.61. The SMILES string of the molecule is Cc1cc(C(C)(C)C)cc(C)c1-c1cc2nc(-c3ccccc3)ccc2s1. The molecule has 0 radical (unpaired) electrons. The molecule has 0 aliphatic carbocycles. The standard InChI is InChI=1S/C25H25NS/c1-16-13-19(25(3,4)5)14-17(2)24(16)23-15-21-22(27-23)12-11-20(26-21)18-9-7-6-8-10-18/h6-15H,1-5H3. The van der Waals surface area contributed by atoms with Gasteiger partial charge in [0.25, 0.3) is 0 Å². The van der Waals surface area contributed by atoms with Gasteiger partial charge in [0.05, 0.1) is 15.9 Å². The molecule has 2 aromatic carbocycles. The molecule has 136 valence electrons. The molecule has 2 heteroatoms. The highest BCUT2D eigenvalue weighted by Crippen LogP contribution is 2.39. The summed E-state index contributed by atoms with van der Waals surface area (Å²) < 4.78 is 1.24. The van der Waals surface area contributed by atoms with Crippen LogP contribution in [0, 0.1) is 13.8 Å². The third-order valence-corrected chi connectivity index (χ3v) is 6.20. The Morgan fingerprint density at radius 3 is 2.11 bits per heavy atom. The minimum atomic E-state index is 0.167. The van der Waals surface area contributed by atoms with Crippen LogP contribution in [-0.2, 0) is 5.41 Å². The normalized spacial score (nSPS) is 11.9.